The van der Waals surface area contributed by atoms with Crippen LogP contribution in [-0.4, -0.2) is 46.6 Å². The lowest BCUT2D eigenvalue weighted by molar-refractivity contribution is 0.000855. The standard InChI is InChI=1S/C17H20O5/c1-19-10-13(20-2)11-22-16-14-7-5-4-6-12(14)8-9-15(16)17(18)21-3/h4-9,13H,10-11H2,1-3H3. The maximum atomic E-state index is 12.0. The highest BCUT2D eigenvalue weighted by molar-refractivity contribution is 6.01. The van der Waals surface area contributed by atoms with E-state index in [-0.39, 0.29) is 12.7 Å². The molecule has 2 aromatic carbocycles. The number of esters is 1. The molecule has 1 atom stereocenters. The lowest BCUT2D eigenvalue weighted by atomic mass is 10.1. The molecule has 2 rings (SSSR count). The van der Waals surface area contributed by atoms with E-state index in [0.29, 0.717) is 17.9 Å². The fourth-order valence-electron chi connectivity index (χ4n) is 2.22. The second kappa shape index (κ2) is 7.77. The van der Waals surface area contributed by atoms with Gasteiger partial charge in [-0.15, -0.1) is 0 Å². The van der Waals surface area contributed by atoms with Gasteiger partial charge in [0.25, 0.3) is 0 Å². The van der Waals surface area contributed by atoms with Crippen molar-refractivity contribution >= 4 is 16.7 Å². The topological polar surface area (TPSA) is 54.0 Å². The molecular weight excluding hydrogens is 284 g/mol. The Bertz CT molecular complexity index is 638. The normalized spacial score (nSPS) is 12.1. The monoisotopic (exact) mass is 304 g/mol. The van der Waals surface area contributed by atoms with Gasteiger partial charge in [-0.2, -0.15) is 0 Å². The molecule has 0 saturated carbocycles. The first-order valence-corrected chi connectivity index (χ1v) is 6.95. The van der Waals surface area contributed by atoms with E-state index < -0.39 is 5.97 Å². The molecule has 0 radical (unpaired) electrons. The number of hydrogen-bond acceptors (Lipinski definition) is 5. The van der Waals surface area contributed by atoms with Crippen molar-refractivity contribution in [3.05, 3.63) is 42.0 Å². The van der Waals surface area contributed by atoms with Crippen molar-refractivity contribution in [3.8, 4) is 5.75 Å². The first kappa shape index (κ1) is 16.3. The Labute approximate surface area is 129 Å². The lowest BCUT2D eigenvalue weighted by Crippen LogP contribution is -2.25. The zero-order chi connectivity index (χ0) is 15.9. The molecule has 0 aromatic heterocycles. The molecule has 5 nitrogen and oxygen atoms in total. The van der Waals surface area contributed by atoms with E-state index >= 15 is 0 Å². The van der Waals surface area contributed by atoms with E-state index in [4.69, 9.17) is 18.9 Å². The fraction of sp³-hybridized carbons (Fsp3) is 0.353. The summed E-state index contributed by atoms with van der Waals surface area (Å²) in [5.74, 6) is 0.0737. The van der Waals surface area contributed by atoms with Crippen LogP contribution in [-0.2, 0) is 14.2 Å². The molecule has 0 N–H and O–H groups in total. The van der Waals surface area contributed by atoms with Crippen molar-refractivity contribution in [2.75, 3.05) is 34.5 Å². The van der Waals surface area contributed by atoms with Gasteiger partial charge in [0, 0.05) is 19.6 Å². The van der Waals surface area contributed by atoms with Gasteiger partial charge in [0.2, 0.25) is 0 Å². The molecule has 0 fully saturated rings. The number of carbonyl (C=O) groups excluding carboxylic acids is 1. The zero-order valence-electron chi connectivity index (χ0n) is 13.0. The van der Waals surface area contributed by atoms with Crippen LogP contribution in [0, 0.1) is 0 Å². The van der Waals surface area contributed by atoms with Crippen LogP contribution in [0.2, 0.25) is 0 Å². The summed E-state index contributed by atoms with van der Waals surface area (Å²) in [5.41, 5.74) is 0.397. The summed E-state index contributed by atoms with van der Waals surface area (Å²) in [6.07, 6.45) is -0.213. The number of ether oxygens (including phenoxy) is 4. The molecule has 0 heterocycles. The molecule has 1 unspecified atom stereocenters. The molecule has 118 valence electrons. The van der Waals surface area contributed by atoms with Crippen LogP contribution in [0.3, 0.4) is 0 Å². The highest BCUT2D eigenvalue weighted by atomic mass is 16.6. The summed E-state index contributed by atoms with van der Waals surface area (Å²) in [5, 5.41) is 1.85. The van der Waals surface area contributed by atoms with Crippen LogP contribution in [0.1, 0.15) is 10.4 Å². The zero-order valence-corrected chi connectivity index (χ0v) is 13.0. The molecule has 0 aliphatic rings. The Kier molecular flexibility index (Phi) is 5.75. The van der Waals surface area contributed by atoms with Crippen molar-refractivity contribution < 1.29 is 23.7 Å². The number of carbonyl (C=O) groups is 1. The first-order chi connectivity index (χ1) is 10.7. The average Bonchev–Trinajstić information content (AvgIpc) is 2.57. The Morgan fingerprint density at radius 3 is 2.50 bits per heavy atom. The summed E-state index contributed by atoms with van der Waals surface area (Å²) in [6.45, 7) is 0.692. The largest absolute Gasteiger partial charge is 0.489 e. The Morgan fingerprint density at radius 2 is 1.82 bits per heavy atom. The second-order valence-electron chi connectivity index (χ2n) is 4.78. The molecule has 0 aliphatic heterocycles. The first-order valence-electron chi connectivity index (χ1n) is 6.95. The number of hydrogen-bond donors (Lipinski definition) is 0. The number of methoxy groups -OCH3 is 3. The van der Waals surface area contributed by atoms with E-state index in [9.17, 15) is 4.79 Å². The number of benzene rings is 2. The summed E-state index contributed by atoms with van der Waals surface area (Å²) in [6, 6.07) is 11.3. The van der Waals surface area contributed by atoms with Gasteiger partial charge < -0.3 is 18.9 Å². The fourth-order valence-corrected chi connectivity index (χ4v) is 2.22. The highest BCUT2D eigenvalue weighted by Gasteiger charge is 2.18. The summed E-state index contributed by atoms with van der Waals surface area (Å²) in [4.78, 5) is 12.0. The van der Waals surface area contributed by atoms with Crippen LogP contribution >= 0.6 is 0 Å². The third-order valence-corrected chi connectivity index (χ3v) is 3.38. The van der Waals surface area contributed by atoms with E-state index in [1.165, 1.54) is 7.11 Å². The van der Waals surface area contributed by atoms with Crippen LogP contribution in [0.15, 0.2) is 36.4 Å². The minimum atomic E-state index is -0.429. The summed E-state index contributed by atoms with van der Waals surface area (Å²) in [7, 11) is 4.55. The maximum Gasteiger partial charge on any atom is 0.341 e. The lowest BCUT2D eigenvalue weighted by Gasteiger charge is -2.18. The van der Waals surface area contributed by atoms with Crippen molar-refractivity contribution in [2.45, 2.75) is 6.10 Å². The smallest absolute Gasteiger partial charge is 0.341 e. The molecular formula is C17H20O5. The average molecular weight is 304 g/mol. The summed E-state index contributed by atoms with van der Waals surface area (Å²) < 4.78 is 21.1. The van der Waals surface area contributed by atoms with Gasteiger partial charge in [-0.3, -0.25) is 0 Å². The number of fused-ring (bicyclic) bond motifs is 1. The highest BCUT2D eigenvalue weighted by Crippen LogP contribution is 2.30. The van der Waals surface area contributed by atoms with E-state index in [0.717, 1.165) is 10.8 Å². The summed E-state index contributed by atoms with van der Waals surface area (Å²) >= 11 is 0. The molecule has 2 aromatic rings. The van der Waals surface area contributed by atoms with Gasteiger partial charge >= 0.3 is 5.97 Å². The SMILES string of the molecule is COCC(COc1c(C(=O)OC)ccc2ccccc12)OC. The predicted octanol–water partition coefficient (Wildman–Crippen LogP) is 2.67. The molecule has 0 amide bonds. The van der Waals surface area contributed by atoms with Crippen molar-refractivity contribution in [3.63, 3.8) is 0 Å². The Balaban J connectivity index is 2.37. The quantitative estimate of drug-likeness (QED) is 0.736. The van der Waals surface area contributed by atoms with Crippen molar-refractivity contribution in [1.29, 1.82) is 0 Å². The molecule has 0 spiro atoms. The number of rotatable bonds is 7. The predicted molar refractivity (Wildman–Crippen MR) is 83.5 cm³/mol. The molecule has 22 heavy (non-hydrogen) atoms. The third-order valence-electron chi connectivity index (χ3n) is 3.38. The van der Waals surface area contributed by atoms with Crippen LogP contribution in [0.5, 0.6) is 5.75 Å². The van der Waals surface area contributed by atoms with Crippen LogP contribution in [0.25, 0.3) is 10.8 Å². The molecule has 5 heteroatoms. The van der Waals surface area contributed by atoms with Gasteiger partial charge in [0.1, 0.15) is 24.0 Å². The van der Waals surface area contributed by atoms with Gasteiger partial charge in [-0.25, -0.2) is 4.79 Å². The van der Waals surface area contributed by atoms with Crippen molar-refractivity contribution in [1.82, 2.24) is 0 Å². The van der Waals surface area contributed by atoms with E-state index in [1.54, 1.807) is 20.3 Å². The maximum absolute atomic E-state index is 12.0. The second-order valence-corrected chi connectivity index (χ2v) is 4.78. The Hall–Kier alpha value is -2.11. The minimum absolute atomic E-state index is 0.213. The van der Waals surface area contributed by atoms with Crippen LogP contribution in [0.4, 0.5) is 0 Å². The van der Waals surface area contributed by atoms with Gasteiger partial charge in [0.05, 0.1) is 13.7 Å². The molecule has 0 saturated heterocycles. The van der Waals surface area contributed by atoms with Crippen LogP contribution < -0.4 is 4.74 Å². The minimum Gasteiger partial charge on any atom is -0.489 e. The molecule has 0 bridgehead atoms. The Morgan fingerprint density at radius 1 is 1.05 bits per heavy atom. The van der Waals surface area contributed by atoms with Gasteiger partial charge in [-0.05, 0) is 11.5 Å². The van der Waals surface area contributed by atoms with E-state index in [1.807, 2.05) is 30.3 Å². The third kappa shape index (κ3) is 3.55. The van der Waals surface area contributed by atoms with Crippen molar-refractivity contribution in [2.24, 2.45) is 0 Å². The van der Waals surface area contributed by atoms with E-state index in [2.05, 4.69) is 0 Å². The van der Waals surface area contributed by atoms with Gasteiger partial charge in [0.15, 0.2) is 0 Å². The van der Waals surface area contributed by atoms with Gasteiger partial charge in [-0.1, -0.05) is 30.3 Å². The molecule has 0 aliphatic carbocycles.